The first-order chi connectivity index (χ1) is 12.7. The van der Waals surface area contributed by atoms with Crippen molar-refractivity contribution in [2.75, 3.05) is 11.5 Å². The summed E-state index contributed by atoms with van der Waals surface area (Å²) in [4.78, 5) is 0. The number of hydrogen-bond donors (Lipinski definition) is 2. The van der Waals surface area contributed by atoms with Crippen LogP contribution in [-0.4, -0.2) is 0 Å². The van der Waals surface area contributed by atoms with Gasteiger partial charge in [-0.1, -0.05) is 48.5 Å². The lowest BCUT2D eigenvalue weighted by Crippen LogP contribution is -1.90. The normalized spacial score (nSPS) is 12.2. The first-order valence-electron chi connectivity index (χ1n) is 8.79. The maximum Gasteiger partial charge on any atom is 0.0400 e. The lowest BCUT2D eigenvalue weighted by atomic mass is 9.91. The van der Waals surface area contributed by atoms with E-state index in [1.165, 1.54) is 49.2 Å². The minimum Gasteiger partial charge on any atom is -0.399 e. The van der Waals surface area contributed by atoms with Crippen LogP contribution < -0.4 is 11.5 Å². The Morgan fingerprint density at radius 1 is 0.538 bits per heavy atom. The topological polar surface area (TPSA) is 52.0 Å². The zero-order chi connectivity index (χ0) is 17.4. The summed E-state index contributed by atoms with van der Waals surface area (Å²) in [5.74, 6) is 0. The summed E-state index contributed by atoms with van der Waals surface area (Å²) >= 11 is 0. The summed E-state index contributed by atoms with van der Waals surface area (Å²) in [5.41, 5.74) is 19.1. The number of anilines is 2. The van der Waals surface area contributed by atoms with E-state index < -0.39 is 0 Å². The molecule has 0 aliphatic heterocycles. The van der Waals surface area contributed by atoms with Crippen LogP contribution in [0.25, 0.3) is 54.6 Å². The Labute approximate surface area is 150 Å². The predicted octanol–water partition coefficient (Wildman–Crippen LogP) is 5.96. The van der Waals surface area contributed by atoms with Crippen molar-refractivity contribution in [3.63, 3.8) is 0 Å². The summed E-state index contributed by atoms with van der Waals surface area (Å²) in [6.45, 7) is 0. The molecule has 0 atom stereocenters. The molecule has 0 aromatic heterocycles. The van der Waals surface area contributed by atoms with Crippen LogP contribution in [0.15, 0.2) is 72.8 Å². The van der Waals surface area contributed by atoms with Gasteiger partial charge in [-0.25, -0.2) is 0 Å². The van der Waals surface area contributed by atoms with Gasteiger partial charge in [0.1, 0.15) is 0 Å². The van der Waals surface area contributed by atoms with Crippen LogP contribution in [0.3, 0.4) is 0 Å². The minimum atomic E-state index is 0.798. The molecule has 0 amide bonds. The first-order valence-corrected chi connectivity index (χ1v) is 8.79. The molecule has 0 radical (unpaired) electrons. The van der Waals surface area contributed by atoms with Crippen molar-refractivity contribution in [2.45, 2.75) is 0 Å². The van der Waals surface area contributed by atoms with Crippen LogP contribution >= 0.6 is 0 Å². The fourth-order valence-corrected chi connectivity index (χ4v) is 4.58. The fraction of sp³-hybridized carbons (Fsp3) is 0. The van der Waals surface area contributed by atoms with Crippen LogP contribution in [-0.2, 0) is 0 Å². The maximum atomic E-state index is 6.37. The van der Waals surface area contributed by atoms with Gasteiger partial charge in [-0.05, 0) is 73.5 Å². The molecule has 1 aliphatic carbocycles. The molecule has 2 nitrogen and oxygen atoms in total. The number of nitrogen functional groups attached to an aromatic ring is 2. The molecule has 5 aromatic rings. The Hall–Kier alpha value is -3.52. The van der Waals surface area contributed by atoms with Gasteiger partial charge in [0.05, 0.1) is 0 Å². The summed E-state index contributed by atoms with van der Waals surface area (Å²) in [7, 11) is 0. The van der Waals surface area contributed by atoms with Crippen LogP contribution in [0.5, 0.6) is 0 Å². The smallest absolute Gasteiger partial charge is 0.0400 e. The maximum absolute atomic E-state index is 6.37. The van der Waals surface area contributed by atoms with Crippen molar-refractivity contribution in [1.82, 2.24) is 0 Å². The molecule has 0 spiro atoms. The monoisotopic (exact) mass is 332 g/mol. The highest BCUT2D eigenvalue weighted by molar-refractivity contribution is 6.30. The highest BCUT2D eigenvalue weighted by Crippen LogP contribution is 2.52. The minimum absolute atomic E-state index is 0.798. The van der Waals surface area contributed by atoms with Crippen molar-refractivity contribution < 1.29 is 0 Å². The van der Waals surface area contributed by atoms with Crippen LogP contribution in [0, 0.1) is 0 Å². The van der Waals surface area contributed by atoms with Gasteiger partial charge in [0, 0.05) is 16.8 Å². The van der Waals surface area contributed by atoms with Crippen molar-refractivity contribution in [2.24, 2.45) is 0 Å². The van der Waals surface area contributed by atoms with Gasteiger partial charge in [-0.15, -0.1) is 0 Å². The number of nitrogens with two attached hydrogens (primary N) is 2. The van der Waals surface area contributed by atoms with Crippen LogP contribution in [0.1, 0.15) is 0 Å². The molecule has 5 aromatic carbocycles. The molecule has 0 fully saturated rings. The second kappa shape index (κ2) is 4.55. The fourth-order valence-electron chi connectivity index (χ4n) is 4.58. The van der Waals surface area contributed by atoms with Gasteiger partial charge in [-0.2, -0.15) is 0 Å². The number of hydrogen-bond acceptors (Lipinski definition) is 2. The third-order valence-electron chi connectivity index (χ3n) is 5.62. The molecule has 2 heteroatoms. The number of fused-ring (bicyclic) bond motifs is 7. The standard InChI is InChI=1S/C24H16N2/c25-15-8-9-19-20(12-15)18-7-3-4-13-10-14-11-21(26)16-5-1-2-6-17(16)23(14)24(19)22(13)18/h1-12H,25-26H2. The molecule has 0 unspecified atom stereocenters. The van der Waals surface area contributed by atoms with Crippen molar-refractivity contribution in [3.8, 4) is 22.3 Å². The van der Waals surface area contributed by atoms with Crippen molar-refractivity contribution in [1.29, 1.82) is 0 Å². The molecular formula is C24H16N2. The molecule has 0 saturated heterocycles. The highest BCUT2D eigenvalue weighted by atomic mass is 14.6. The van der Waals surface area contributed by atoms with Gasteiger partial charge < -0.3 is 11.5 Å². The van der Waals surface area contributed by atoms with E-state index in [9.17, 15) is 0 Å². The van der Waals surface area contributed by atoms with E-state index >= 15 is 0 Å². The van der Waals surface area contributed by atoms with E-state index in [2.05, 4.69) is 60.7 Å². The Bertz CT molecular complexity index is 1400. The van der Waals surface area contributed by atoms with Gasteiger partial charge >= 0.3 is 0 Å². The van der Waals surface area contributed by atoms with E-state index in [4.69, 9.17) is 11.5 Å². The largest absolute Gasteiger partial charge is 0.399 e. The quantitative estimate of drug-likeness (QED) is 0.205. The molecule has 0 heterocycles. The van der Waals surface area contributed by atoms with E-state index in [-0.39, 0.29) is 0 Å². The molecule has 4 N–H and O–H groups in total. The van der Waals surface area contributed by atoms with E-state index in [0.29, 0.717) is 0 Å². The predicted molar refractivity (Wildman–Crippen MR) is 112 cm³/mol. The molecular weight excluding hydrogens is 316 g/mol. The Kier molecular flexibility index (Phi) is 2.41. The third-order valence-corrected chi connectivity index (χ3v) is 5.62. The third kappa shape index (κ3) is 1.56. The summed E-state index contributed by atoms with van der Waals surface area (Å²) in [5, 5.41) is 7.34. The number of benzene rings is 5. The molecule has 6 rings (SSSR count). The van der Waals surface area contributed by atoms with E-state index in [1.807, 2.05) is 12.1 Å². The molecule has 0 bridgehead atoms. The lowest BCUT2D eigenvalue weighted by molar-refractivity contribution is 1.68. The van der Waals surface area contributed by atoms with Crippen molar-refractivity contribution in [3.05, 3.63) is 72.8 Å². The SMILES string of the molecule is Nc1ccc2c(c1)-c1cccc3cc4cc(N)c5ccccc5c4c-2c13. The molecule has 122 valence electrons. The Morgan fingerprint density at radius 3 is 2.27 bits per heavy atom. The van der Waals surface area contributed by atoms with E-state index in [0.717, 1.165) is 16.8 Å². The van der Waals surface area contributed by atoms with Gasteiger partial charge in [-0.3, -0.25) is 0 Å². The number of rotatable bonds is 0. The van der Waals surface area contributed by atoms with Gasteiger partial charge in [0.15, 0.2) is 0 Å². The average Bonchev–Trinajstić information content (AvgIpc) is 2.97. The summed E-state index contributed by atoms with van der Waals surface area (Å²) in [6.07, 6.45) is 0. The highest BCUT2D eigenvalue weighted by Gasteiger charge is 2.24. The summed E-state index contributed by atoms with van der Waals surface area (Å²) in [6, 6.07) is 25.5. The first kappa shape index (κ1) is 13.7. The Morgan fingerprint density at radius 2 is 1.38 bits per heavy atom. The van der Waals surface area contributed by atoms with Gasteiger partial charge in [0.25, 0.3) is 0 Å². The average molecular weight is 332 g/mol. The Balaban J connectivity index is 1.97. The zero-order valence-corrected chi connectivity index (χ0v) is 14.1. The molecule has 1 aliphatic rings. The lowest BCUT2D eigenvalue weighted by Gasteiger charge is -2.13. The molecule has 0 saturated carbocycles. The summed E-state index contributed by atoms with van der Waals surface area (Å²) < 4.78 is 0. The second-order valence-corrected chi connectivity index (χ2v) is 7.07. The van der Waals surface area contributed by atoms with Crippen LogP contribution in [0.4, 0.5) is 11.4 Å². The van der Waals surface area contributed by atoms with Crippen molar-refractivity contribution >= 4 is 43.7 Å². The van der Waals surface area contributed by atoms with Gasteiger partial charge in [0.2, 0.25) is 0 Å². The van der Waals surface area contributed by atoms with E-state index in [1.54, 1.807) is 0 Å². The van der Waals surface area contributed by atoms with Crippen LogP contribution in [0.2, 0.25) is 0 Å². The zero-order valence-electron chi connectivity index (χ0n) is 14.1. The molecule has 26 heavy (non-hydrogen) atoms. The second-order valence-electron chi connectivity index (χ2n) is 7.07.